The van der Waals surface area contributed by atoms with Gasteiger partial charge in [0.1, 0.15) is 11.0 Å². The molecule has 0 aromatic heterocycles. The SMILES string of the molecule is O=S1C2CC3CCCCCC3CC2CN1I. The summed E-state index contributed by atoms with van der Waals surface area (Å²) in [6.45, 7) is 1.07. The van der Waals surface area contributed by atoms with Gasteiger partial charge in [0.2, 0.25) is 0 Å². The third-order valence-electron chi connectivity index (χ3n) is 4.82. The van der Waals surface area contributed by atoms with Gasteiger partial charge in [-0.15, -0.1) is 0 Å². The molecule has 5 unspecified atom stereocenters. The fraction of sp³-hybridized carbons (Fsp3) is 1.00. The molecule has 2 aliphatic carbocycles. The largest absolute Gasteiger partial charge is 0.242 e. The van der Waals surface area contributed by atoms with Crippen molar-refractivity contribution < 1.29 is 4.21 Å². The molecule has 2 nitrogen and oxygen atoms in total. The van der Waals surface area contributed by atoms with E-state index in [1.807, 2.05) is 0 Å². The first-order chi connectivity index (χ1) is 7.75. The van der Waals surface area contributed by atoms with Gasteiger partial charge in [-0.25, -0.2) is 4.21 Å². The molecular weight excluding hydrogens is 333 g/mol. The molecule has 0 N–H and O–H groups in total. The number of halogens is 1. The molecule has 1 heterocycles. The maximum absolute atomic E-state index is 12.1. The molecule has 92 valence electrons. The molecule has 2 saturated carbocycles. The Kier molecular flexibility index (Phi) is 3.60. The van der Waals surface area contributed by atoms with Gasteiger partial charge in [0.25, 0.3) is 0 Å². The highest BCUT2D eigenvalue weighted by Gasteiger charge is 2.46. The molecule has 0 amide bonds. The maximum Gasteiger partial charge on any atom is 0.107 e. The Morgan fingerprint density at radius 3 is 2.44 bits per heavy atom. The van der Waals surface area contributed by atoms with Gasteiger partial charge in [-0.1, -0.05) is 32.1 Å². The summed E-state index contributed by atoms with van der Waals surface area (Å²) < 4.78 is 14.2. The van der Waals surface area contributed by atoms with Crippen molar-refractivity contribution in [2.75, 3.05) is 6.54 Å². The highest BCUT2D eigenvalue weighted by molar-refractivity contribution is 14.1. The third-order valence-corrected chi connectivity index (χ3v) is 8.01. The summed E-state index contributed by atoms with van der Waals surface area (Å²) in [4.78, 5) is 0. The molecule has 4 heteroatoms. The number of hydrogen-bond donors (Lipinski definition) is 0. The molecule has 1 aliphatic heterocycles. The zero-order valence-electron chi connectivity index (χ0n) is 9.61. The second-order valence-corrected chi connectivity index (χ2v) is 9.12. The number of hydrogen-bond acceptors (Lipinski definition) is 1. The predicted molar refractivity (Wildman–Crippen MR) is 75.4 cm³/mol. The lowest BCUT2D eigenvalue weighted by atomic mass is 9.71. The lowest BCUT2D eigenvalue weighted by Gasteiger charge is -2.36. The number of nitrogens with zero attached hydrogens (tertiary/aromatic N) is 1. The van der Waals surface area contributed by atoms with Crippen molar-refractivity contribution in [2.45, 2.75) is 50.2 Å². The van der Waals surface area contributed by atoms with E-state index >= 15 is 0 Å². The van der Waals surface area contributed by atoms with Crippen LogP contribution in [0, 0.1) is 17.8 Å². The quantitative estimate of drug-likeness (QED) is 0.483. The van der Waals surface area contributed by atoms with Gasteiger partial charge in [0.15, 0.2) is 0 Å². The van der Waals surface area contributed by atoms with Gasteiger partial charge in [0.05, 0.1) is 5.25 Å². The molecule has 16 heavy (non-hydrogen) atoms. The van der Waals surface area contributed by atoms with E-state index in [1.165, 1.54) is 44.9 Å². The summed E-state index contributed by atoms with van der Waals surface area (Å²) in [7, 11) is -0.685. The van der Waals surface area contributed by atoms with Gasteiger partial charge < -0.3 is 0 Å². The molecule has 3 rings (SSSR count). The smallest absolute Gasteiger partial charge is 0.107 e. The van der Waals surface area contributed by atoms with Crippen molar-refractivity contribution in [1.82, 2.24) is 2.52 Å². The van der Waals surface area contributed by atoms with Crippen LogP contribution in [-0.2, 0) is 11.0 Å². The van der Waals surface area contributed by atoms with Crippen LogP contribution in [0.2, 0.25) is 0 Å². The standard InChI is InChI=1S/C12H20INOS/c13-14-8-11-6-9-4-2-1-3-5-10(9)7-12(11)16(14)15/h9-12H,1-8H2. The Morgan fingerprint density at radius 2 is 1.69 bits per heavy atom. The van der Waals surface area contributed by atoms with Gasteiger partial charge >= 0.3 is 0 Å². The first kappa shape index (κ1) is 11.9. The lowest BCUT2D eigenvalue weighted by Crippen LogP contribution is -2.34. The van der Waals surface area contributed by atoms with E-state index in [0.29, 0.717) is 5.25 Å². The third kappa shape index (κ3) is 2.09. The van der Waals surface area contributed by atoms with Crippen LogP contribution >= 0.6 is 22.9 Å². The molecule has 0 radical (unpaired) electrons. The van der Waals surface area contributed by atoms with E-state index in [0.717, 1.165) is 24.3 Å². The van der Waals surface area contributed by atoms with Gasteiger partial charge in [-0.2, -0.15) is 2.52 Å². The van der Waals surface area contributed by atoms with Gasteiger partial charge in [-0.05, 0) is 30.6 Å². The summed E-state index contributed by atoms with van der Waals surface area (Å²) in [5.41, 5.74) is 0. The topological polar surface area (TPSA) is 20.3 Å². The van der Waals surface area contributed by atoms with Crippen LogP contribution in [0.3, 0.4) is 0 Å². The minimum absolute atomic E-state index is 0.497. The number of fused-ring (bicyclic) bond motifs is 2. The summed E-state index contributed by atoms with van der Waals surface area (Å²) in [6, 6.07) is 0. The van der Waals surface area contributed by atoms with Crippen molar-refractivity contribution in [3.63, 3.8) is 0 Å². The van der Waals surface area contributed by atoms with Crippen LogP contribution in [-0.4, -0.2) is 18.5 Å². The van der Waals surface area contributed by atoms with Crippen molar-refractivity contribution in [1.29, 1.82) is 0 Å². The Labute approximate surface area is 115 Å². The Balaban J connectivity index is 1.75. The zero-order chi connectivity index (χ0) is 11.1. The fourth-order valence-corrected chi connectivity index (χ4v) is 6.91. The molecule has 5 atom stereocenters. The van der Waals surface area contributed by atoms with Crippen LogP contribution in [0.1, 0.15) is 44.9 Å². The summed E-state index contributed by atoms with van der Waals surface area (Å²) >= 11 is 2.26. The van der Waals surface area contributed by atoms with Crippen molar-refractivity contribution in [2.24, 2.45) is 17.8 Å². The van der Waals surface area contributed by atoms with Crippen LogP contribution in [0.5, 0.6) is 0 Å². The average molecular weight is 353 g/mol. The average Bonchev–Trinajstić information content (AvgIpc) is 2.48. The van der Waals surface area contributed by atoms with Crippen LogP contribution in [0.15, 0.2) is 0 Å². The molecular formula is C12H20INOS. The van der Waals surface area contributed by atoms with E-state index in [9.17, 15) is 4.21 Å². The van der Waals surface area contributed by atoms with Crippen molar-refractivity contribution >= 4 is 33.9 Å². The second kappa shape index (κ2) is 4.84. The monoisotopic (exact) mass is 353 g/mol. The van der Waals surface area contributed by atoms with E-state index in [1.54, 1.807) is 0 Å². The van der Waals surface area contributed by atoms with Crippen LogP contribution in [0.4, 0.5) is 0 Å². The first-order valence-electron chi connectivity index (χ1n) is 6.59. The van der Waals surface area contributed by atoms with Gasteiger partial charge in [-0.3, -0.25) is 0 Å². The van der Waals surface area contributed by atoms with Crippen molar-refractivity contribution in [3.8, 4) is 0 Å². The molecule has 0 bridgehead atoms. The second-order valence-electron chi connectivity index (χ2n) is 5.70. The Hall–Kier alpha value is 0.840. The lowest BCUT2D eigenvalue weighted by molar-refractivity contribution is 0.181. The normalized spacial score (nSPS) is 49.4. The van der Waals surface area contributed by atoms with E-state index < -0.39 is 11.0 Å². The Morgan fingerprint density at radius 1 is 1.00 bits per heavy atom. The highest BCUT2D eigenvalue weighted by atomic mass is 127. The van der Waals surface area contributed by atoms with Crippen molar-refractivity contribution in [3.05, 3.63) is 0 Å². The summed E-state index contributed by atoms with van der Waals surface area (Å²) in [5, 5.41) is 0.497. The number of rotatable bonds is 0. The van der Waals surface area contributed by atoms with Crippen LogP contribution < -0.4 is 0 Å². The van der Waals surface area contributed by atoms with Crippen LogP contribution in [0.25, 0.3) is 0 Å². The van der Waals surface area contributed by atoms with E-state index in [2.05, 4.69) is 25.4 Å². The van der Waals surface area contributed by atoms with E-state index in [4.69, 9.17) is 0 Å². The van der Waals surface area contributed by atoms with Gasteiger partial charge in [0, 0.05) is 29.4 Å². The fourth-order valence-electron chi connectivity index (χ4n) is 3.96. The molecule has 1 saturated heterocycles. The Bertz CT molecular complexity index is 299. The minimum Gasteiger partial charge on any atom is -0.242 e. The molecule has 0 aromatic rings. The predicted octanol–water partition coefficient (Wildman–Crippen LogP) is 3.29. The summed E-state index contributed by atoms with van der Waals surface area (Å²) in [5.74, 6) is 2.59. The highest BCUT2D eigenvalue weighted by Crippen LogP contribution is 2.47. The van der Waals surface area contributed by atoms with E-state index in [-0.39, 0.29) is 0 Å². The molecule has 0 spiro atoms. The minimum atomic E-state index is -0.685. The maximum atomic E-state index is 12.1. The first-order valence-corrected chi connectivity index (χ1v) is 8.73. The summed E-state index contributed by atoms with van der Waals surface area (Å²) in [6.07, 6.45) is 9.76. The molecule has 0 aromatic carbocycles. The molecule has 3 fully saturated rings. The molecule has 3 aliphatic rings. The zero-order valence-corrected chi connectivity index (χ0v) is 12.6.